The van der Waals surface area contributed by atoms with Crippen LogP contribution in [0.4, 0.5) is 0 Å². The van der Waals surface area contributed by atoms with Crippen LogP contribution in [0.3, 0.4) is 0 Å². The molecule has 1 aliphatic heterocycles. The molecule has 2 aliphatic rings. The van der Waals surface area contributed by atoms with Crippen LogP contribution >= 0.6 is 23.2 Å². The van der Waals surface area contributed by atoms with E-state index in [2.05, 4.69) is 10.0 Å². The van der Waals surface area contributed by atoms with Crippen LogP contribution < -0.4 is 10.0 Å². The number of hydrogen-bond donors (Lipinski definition) is 2. The van der Waals surface area contributed by atoms with Gasteiger partial charge in [-0.2, -0.15) is 5.26 Å². The first-order chi connectivity index (χ1) is 17.6. The van der Waals surface area contributed by atoms with Crippen LogP contribution in [0.1, 0.15) is 65.5 Å². The highest BCUT2D eigenvalue weighted by molar-refractivity contribution is 7.88. The highest BCUT2D eigenvalue weighted by Crippen LogP contribution is 2.47. The van der Waals surface area contributed by atoms with Gasteiger partial charge in [0.15, 0.2) is 0 Å². The Kier molecular flexibility index (Phi) is 8.44. The molecule has 37 heavy (non-hydrogen) atoms. The third-order valence-corrected chi connectivity index (χ3v) is 8.22. The number of nitrogens with one attached hydrogen (secondary N) is 2. The number of carbonyl (C=O) groups is 2. The fourth-order valence-electron chi connectivity index (χ4n) is 5.48. The minimum Gasteiger partial charge on any atom is -0.354 e. The van der Waals surface area contributed by atoms with Crippen molar-refractivity contribution < 1.29 is 18.0 Å². The van der Waals surface area contributed by atoms with Crippen molar-refractivity contribution >= 4 is 45.0 Å². The summed E-state index contributed by atoms with van der Waals surface area (Å²) in [5.74, 6) is -1.48. The smallest absolute Gasteiger partial charge is 0.255 e. The van der Waals surface area contributed by atoms with Gasteiger partial charge in [-0.15, -0.1) is 0 Å². The Hall–Kier alpha value is -2.64. The van der Waals surface area contributed by atoms with Crippen LogP contribution in [-0.2, 0) is 14.8 Å². The average Bonchev–Trinajstić information content (AvgIpc) is 2.84. The van der Waals surface area contributed by atoms with Gasteiger partial charge in [0.1, 0.15) is 0 Å². The second-order valence-electron chi connectivity index (χ2n) is 9.44. The molecule has 2 aromatic carbocycles. The van der Waals surface area contributed by atoms with Crippen molar-refractivity contribution in [1.29, 1.82) is 5.26 Å². The average molecular weight is 564 g/mol. The molecule has 0 bridgehead atoms. The molecule has 8 nitrogen and oxygen atoms in total. The number of sulfonamides is 1. The second-order valence-corrected chi connectivity index (χ2v) is 12.1. The lowest BCUT2D eigenvalue weighted by molar-refractivity contribution is -0.124. The van der Waals surface area contributed by atoms with Gasteiger partial charge < -0.3 is 10.2 Å². The van der Waals surface area contributed by atoms with E-state index in [1.807, 2.05) is 6.07 Å². The largest absolute Gasteiger partial charge is 0.354 e. The summed E-state index contributed by atoms with van der Waals surface area (Å²) in [6.45, 7) is 0.157. The highest BCUT2D eigenvalue weighted by Gasteiger charge is 2.49. The van der Waals surface area contributed by atoms with Crippen molar-refractivity contribution in [2.24, 2.45) is 0 Å². The van der Waals surface area contributed by atoms with Gasteiger partial charge in [0, 0.05) is 34.2 Å². The molecule has 2 aromatic rings. The fourth-order valence-corrected chi connectivity index (χ4v) is 6.82. The van der Waals surface area contributed by atoms with Gasteiger partial charge in [-0.05, 0) is 42.2 Å². The maximum Gasteiger partial charge on any atom is 0.255 e. The van der Waals surface area contributed by atoms with E-state index in [1.165, 1.54) is 0 Å². The lowest BCUT2D eigenvalue weighted by Crippen LogP contribution is -2.59. The first-order valence-electron chi connectivity index (χ1n) is 12.1. The molecule has 1 aliphatic carbocycles. The summed E-state index contributed by atoms with van der Waals surface area (Å²) in [5, 5.41) is 12.5. The molecule has 4 rings (SSSR count). The van der Waals surface area contributed by atoms with E-state index in [1.54, 1.807) is 47.4 Å². The van der Waals surface area contributed by atoms with E-state index in [9.17, 15) is 18.0 Å². The van der Waals surface area contributed by atoms with E-state index in [4.69, 9.17) is 28.5 Å². The molecule has 1 saturated carbocycles. The zero-order chi connectivity index (χ0) is 26.7. The second kappa shape index (κ2) is 11.4. The van der Waals surface area contributed by atoms with E-state index in [-0.39, 0.29) is 24.8 Å². The lowest BCUT2D eigenvalue weighted by atomic mass is 9.76. The van der Waals surface area contributed by atoms with E-state index in [0.717, 1.165) is 19.1 Å². The third-order valence-electron chi connectivity index (χ3n) is 6.93. The molecular weight excluding hydrogens is 535 g/mol. The number of nitrogens with zero attached hydrogens (tertiary/aromatic N) is 2. The van der Waals surface area contributed by atoms with Crippen LogP contribution in [0.25, 0.3) is 0 Å². The normalized spacial score (nSPS) is 23.7. The number of hydrogen-bond acceptors (Lipinski definition) is 5. The van der Waals surface area contributed by atoms with Crippen molar-refractivity contribution in [3.05, 3.63) is 69.2 Å². The Morgan fingerprint density at radius 2 is 1.86 bits per heavy atom. The number of carbonyl (C=O) groups excluding carboxylic acids is 2. The maximum atomic E-state index is 14.1. The zero-order valence-electron chi connectivity index (χ0n) is 20.3. The standard InChI is InChI=1S/C26H28Cl2N4O4S/c1-37(35,36)31-21-9-4-5-10-22(21)32-24(19-12-11-16(27)15-20(19)28)23(25(33)30-14-6-13-29)17-7-2-3-8-18(17)26(32)34/h2-3,7-8,11-12,15,21-24,31H,4-6,9-10,14H2,1H3,(H,30,33)/t21-,22-,23+,24-/m0/s1. The molecule has 0 saturated heterocycles. The predicted octanol–water partition coefficient (Wildman–Crippen LogP) is 4.16. The minimum absolute atomic E-state index is 0.137. The third kappa shape index (κ3) is 5.93. The molecule has 2 N–H and O–H groups in total. The van der Waals surface area contributed by atoms with Gasteiger partial charge in [0.05, 0.1) is 30.7 Å². The van der Waals surface area contributed by atoms with Gasteiger partial charge in [0.25, 0.3) is 5.91 Å². The summed E-state index contributed by atoms with van der Waals surface area (Å²) in [5.41, 5.74) is 1.48. The van der Waals surface area contributed by atoms with Gasteiger partial charge >= 0.3 is 0 Å². The summed E-state index contributed by atoms with van der Waals surface area (Å²) in [4.78, 5) is 29.5. The van der Waals surface area contributed by atoms with Crippen molar-refractivity contribution in [2.75, 3.05) is 12.8 Å². The Labute approximate surface area is 227 Å². The summed E-state index contributed by atoms with van der Waals surface area (Å²) in [6.07, 6.45) is 3.98. The highest BCUT2D eigenvalue weighted by atomic mass is 35.5. The molecule has 11 heteroatoms. The number of nitriles is 1. The Balaban J connectivity index is 1.91. The molecule has 1 heterocycles. The first-order valence-corrected chi connectivity index (χ1v) is 14.8. The summed E-state index contributed by atoms with van der Waals surface area (Å²) < 4.78 is 27.2. The van der Waals surface area contributed by atoms with Crippen LogP contribution in [0.2, 0.25) is 10.0 Å². The first kappa shape index (κ1) is 27.4. The molecule has 0 radical (unpaired) electrons. The van der Waals surface area contributed by atoms with Gasteiger partial charge in [-0.3, -0.25) is 9.59 Å². The minimum atomic E-state index is -3.56. The Morgan fingerprint density at radius 1 is 1.14 bits per heavy atom. The van der Waals surface area contributed by atoms with Crippen LogP contribution in [0.5, 0.6) is 0 Å². The van der Waals surface area contributed by atoms with E-state index >= 15 is 0 Å². The number of amides is 2. The number of benzene rings is 2. The van der Waals surface area contributed by atoms with Crippen molar-refractivity contribution in [2.45, 2.75) is 56.1 Å². The molecule has 4 atom stereocenters. The molecule has 0 aromatic heterocycles. The van der Waals surface area contributed by atoms with Gasteiger partial charge in [0.2, 0.25) is 15.9 Å². The SMILES string of the molecule is CS(=O)(=O)N[C@H]1CCCC[C@@H]1N1C(=O)c2ccccc2[C@@H](C(=O)NCCC#N)[C@@H]1c1ccc(Cl)cc1Cl. The van der Waals surface area contributed by atoms with Crippen LogP contribution in [-0.4, -0.2) is 50.0 Å². The van der Waals surface area contributed by atoms with Crippen molar-refractivity contribution in [3.63, 3.8) is 0 Å². The number of rotatable bonds is 7. The molecule has 1 fully saturated rings. The summed E-state index contributed by atoms with van der Waals surface area (Å²) in [7, 11) is -3.56. The van der Waals surface area contributed by atoms with E-state index in [0.29, 0.717) is 39.6 Å². The topological polar surface area (TPSA) is 119 Å². The quantitative estimate of drug-likeness (QED) is 0.491. The fraction of sp³-hybridized carbons (Fsp3) is 0.423. The van der Waals surface area contributed by atoms with Gasteiger partial charge in [-0.1, -0.05) is 60.3 Å². The predicted molar refractivity (Wildman–Crippen MR) is 142 cm³/mol. The molecular formula is C26H28Cl2N4O4S. The Morgan fingerprint density at radius 3 is 2.57 bits per heavy atom. The summed E-state index contributed by atoms with van der Waals surface area (Å²) >= 11 is 12.9. The van der Waals surface area contributed by atoms with Crippen LogP contribution in [0, 0.1) is 11.3 Å². The summed E-state index contributed by atoms with van der Waals surface area (Å²) in [6, 6.07) is 12.1. The molecule has 196 valence electrons. The maximum absolute atomic E-state index is 14.1. The lowest BCUT2D eigenvalue weighted by Gasteiger charge is -2.49. The molecule has 2 amide bonds. The van der Waals surface area contributed by atoms with Gasteiger partial charge in [-0.25, -0.2) is 13.1 Å². The zero-order valence-corrected chi connectivity index (χ0v) is 22.6. The van der Waals surface area contributed by atoms with Crippen LogP contribution in [0.15, 0.2) is 42.5 Å². The number of halogens is 2. The molecule has 0 spiro atoms. The number of fused-ring (bicyclic) bond motifs is 1. The van der Waals surface area contributed by atoms with Crippen molar-refractivity contribution in [1.82, 2.24) is 14.9 Å². The van der Waals surface area contributed by atoms with Crippen molar-refractivity contribution in [3.8, 4) is 6.07 Å². The Bertz CT molecular complexity index is 1340. The van der Waals surface area contributed by atoms with E-state index < -0.39 is 34.1 Å². The molecule has 0 unspecified atom stereocenters. The monoisotopic (exact) mass is 562 g/mol.